The molecule has 0 aliphatic rings. The van der Waals surface area contributed by atoms with Gasteiger partial charge in [0, 0.05) is 6.07 Å². The predicted octanol–water partition coefficient (Wildman–Crippen LogP) is -0.716. The minimum atomic E-state index is -0.419. The van der Waals surface area contributed by atoms with Crippen LogP contribution in [0.2, 0.25) is 0 Å². The fourth-order valence-corrected chi connectivity index (χ4v) is 1.75. The van der Waals surface area contributed by atoms with Crippen molar-refractivity contribution in [2.45, 2.75) is 5.16 Å². The van der Waals surface area contributed by atoms with E-state index in [1.807, 2.05) is 0 Å². The van der Waals surface area contributed by atoms with Gasteiger partial charge in [0.25, 0.3) is 0 Å². The molecule has 0 aromatic carbocycles. The molecule has 0 saturated heterocycles. The molecule has 0 aliphatic heterocycles. The SMILES string of the molecule is NC(=O)CSc1nc(N)cc2ncnn12. The zero-order valence-corrected chi connectivity index (χ0v) is 8.44. The van der Waals surface area contributed by atoms with Gasteiger partial charge in [0.1, 0.15) is 12.1 Å². The van der Waals surface area contributed by atoms with E-state index in [4.69, 9.17) is 11.5 Å². The molecule has 0 spiro atoms. The van der Waals surface area contributed by atoms with Crippen molar-refractivity contribution in [1.29, 1.82) is 0 Å². The maximum absolute atomic E-state index is 10.6. The lowest BCUT2D eigenvalue weighted by atomic mass is 10.6. The largest absolute Gasteiger partial charge is 0.383 e. The first-order chi connectivity index (χ1) is 7.16. The summed E-state index contributed by atoms with van der Waals surface area (Å²) in [5, 5.41) is 4.45. The molecular formula is C7H8N6OS. The zero-order chi connectivity index (χ0) is 10.8. The molecule has 0 radical (unpaired) electrons. The van der Waals surface area contributed by atoms with Crippen LogP contribution in [0.5, 0.6) is 0 Å². The summed E-state index contributed by atoms with van der Waals surface area (Å²) in [7, 11) is 0. The van der Waals surface area contributed by atoms with E-state index in [1.54, 1.807) is 6.07 Å². The number of primary amides is 1. The average molecular weight is 224 g/mol. The van der Waals surface area contributed by atoms with Gasteiger partial charge in [0.05, 0.1) is 5.75 Å². The van der Waals surface area contributed by atoms with Gasteiger partial charge in [-0.2, -0.15) is 9.61 Å². The fraction of sp³-hybridized carbons (Fsp3) is 0.143. The Morgan fingerprint density at radius 1 is 1.60 bits per heavy atom. The van der Waals surface area contributed by atoms with Gasteiger partial charge in [-0.15, -0.1) is 0 Å². The molecule has 0 aliphatic carbocycles. The molecule has 0 unspecified atom stereocenters. The summed E-state index contributed by atoms with van der Waals surface area (Å²) >= 11 is 1.17. The highest BCUT2D eigenvalue weighted by molar-refractivity contribution is 7.99. The summed E-state index contributed by atoms with van der Waals surface area (Å²) in [6, 6.07) is 1.60. The van der Waals surface area contributed by atoms with Crippen LogP contribution >= 0.6 is 11.8 Å². The summed E-state index contributed by atoms with van der Waals surface area (Å²) in [6.45, 7) is 0. The van der Waals surface area contributed by atoms with Crippen LogP contribution in [0.4, 0.5) is 5.82 Å². The number of amides is 1. The van der Waals surface area contributed by atoms with Gasteiger partial charge in [-0.25, -0.2) is 9.97 Å². The van der Waals surface area contributed by atoms with Gasteiger partial charge in [-0.1, -0.05) is 11.8 Å². The molecule has 0 bridgehead atoms. The number of aromatic nitrogens is 4. The minimum absolute atomic E-state index is 0.130. The quantitative estimate of drug-likeness (QED) is 0.525. The predicted molar refractivity (Wildman–Crippen MR) is 55.1 cm³/mol. The number of rotatable bonds is 3. The molecule has 0 atom stereocenters. The highest BCUT2D eigenvalue weighted by atomic mass is 32.2. The Labute approximate surface area is 88.9 Å². The molecule has 4 N–H and O–H groups in total. The van der Waals surface area contributed by atoms with Crippen LogP contribution in [0.1, 0.15) is 0 Å². The van der Waals surface area contributed by atoms with Crippen LogP contribution in [-0.2, 0) is 4.79 Å². The number of thioether (sulfide) groups is 1. The van der Waals surface area contributed by atoms with Crippen molar-refractivity contribution in [3.05, 3.63) is 12.4 Å². The van der Waals surface area contributed by atoms with Crippen molar-refractivity contribution < 1.29 is 4.79 Å². The molecule has 15 heavy (non-hydrogen) atoms. The summed E-state index contributed by atoms with van der Waals surface area (Å²) in [5.74, 6) is 0.0470. The molecule has 8 heteroatoms. The molecule has 78 valence electrons. The van der Waals surface area contributed by atoms with Crippen LogP contribution in [0.25, 0.3) is 5.65 Å². The Morgan fingerprint density at radius 3 is 3.13 bits per heavy atom. The van der Waals surface area contributed by atoms with Crippen LogP contribution in [-0.4, -0.2) is 31.2 Å². The molecule has 7 nitrogen and oxygen atoms in total. The van der Waals surface area contributed by atoms with Crippen LogP contribution < -0.4 is 11.5 Å². The first-order valence-corrected chi connectivity index (χ1v) is 5.03. The first-order valence-electron chi connectivity index (χ1n) is 4.04. The number of anilines is 1. The topological polar surface area (TPSA) is 112 Å². The van der Waals surface area contributed by atoms with Crippen molar-refractivity contribution in [2.75, 3.05) is 11.5 Å². The number of nitrogens with zero attached hydrogens (tertiary/aromatic N) is 4. The zero-order valence-electron chi connectivity index (χ0n) is 7.62. The number of nitrogen functional groups attached to an aromatic ring is 1. The minimum Gasteiger partial charge on any atom is -0.383 e. The number of fused-ring (bicyclic) bond motifs is 1. The second-order valence-corrected chi connectivity index (χ2v) is 3.69. The molecule has 2 heterocycles. The number of hydrogen-bond acceptors (Lipinski definition) is 6. The summed E-state index contributed by atoms with van der Waals surface area (Å²) in [4.78, 5) is 18.6. The van der Waals surface area contributed by atoms with E-state index >= 15 is 0 Å². The van der Waals surface area contributed by atoms with E-state index in [1.165, 1.54) is 22.6 Å². The molecule has 0 saturated carbocycles. The molecular weight excluding hydrogens is 216 g/mol. The second kappa shape index (κ2) is 3.73. The Kier molecular flexibility index (Phi) is 2.42. The van der Waals surface area contributed by atoms with Crippen LogP contribution in [0.15, 0.2) is 17.6 Å². The number of hydrogen-bond donors (Lipinski definition) is 2. The Balaban J connectivity index is 2.39. The van der Waals surface area contributed by atoms with Gasteiger partial charge >= 0.3 is 0 Å². The number of nitrogens with two attached hydrogens (primary N) is 2. The third-order valence-electron chi connectivity index (χ3n) is 1.60. The van der Waals surface area contributed by atoms with Gasteiger partial charge in [0.15, 0.2) is 10.8 Å². The van der Waals surface area contributed by atoms with Crippen molar-refractivity contribution in [3.8, 4) is 0 Å². The summed E-state index contributed by atoms with van der Waals surface area (Å²) in [5.41, 5.74) is 11.2. The van der Waals surface area contributed by atoms with Crippen molar-refractivity contribution in [3.63, 3.8) is 0 Å². The van der Waals surface area contributed by atoms with Gasteiger partial charge in [-0.05, 0) is 0 Å². The van der Waals surface area contributed by atoms with Crippen LogP contribution in [0.3, 0.4) is 0 Å². The Morgan fingerprint density at radius 2 is 2.40 bits per heavy atom. The number of carbonyl (C=O) groups is 1. The van der Waals surface area contributed by atoms with E-state index in [-0.39, 0.29) is 5.75 Å². The van der Waals surface area contributed by atoms with Crippen molar-refractivity contribution in [1.82, 2.24) is 19.6 Å². The Hall–Kier alpha value is -1.83. The number of carbonyl (C=O) groups excluding carboxylic acids is 1. The Bertz CT molecular complexity index is 509. The van der Waals surface area contributed by atoms with Gasteiger partial charge in [0.2, 0.25) is 5.91 Å². The lowest BCUT2D eigenvalue weighted by Gasteiger charge is -2.02. The molecule has 2 aromatic rings. The highest BCUT2D eigenvalue weighted by Gasteiger charge is 2.07. The highest BCUT2D eigenvalue weighted by Crippen LogP contribution is 2.17. The molecule has 2 rings (SSSR count). The van der Waals surface area contributed by atoms with E-state index in [0.717, 1.165) is 0 Å². The standard InChI is InChI=1S/C7H8N6OS/c8-4-1-6-10-3-11-13(6)7(12-4)15-2-5(9)14/h1,3H,2,8H2,(H2,9,14). The third-order valence-corrected chi connectivity index (χ3v) is 2.55. The van der Waals surface area contributed by atoms with E-state index < -0.39 is 5.91 Å². The van der Waals surface area contributed by atoms with Gasteiger partial charge in [-0.3, -0.25) is 4.79 Å². The summed E-state index contributed by atoms with van der Waals surface area (Å²) in [6.07, 6.45) is 1.39. The lowest BCUT2D eigenvalue weighted by Crippen LogP contribution is -2.14. The monoisotopic (exact) mass is 224 g/mol. The maximum atomic E-state index is 10.6. The van der Waals surface area contributed by atoms with E-state index in [2.05, 4.69) is 15.1 Å². The second-order valence-electron chi connectivity index (χ2n) is 2.75. The first kappa shape index (κ1) is 9.71. The molecule has 2 aromatic heterocycles. The third kappa shape index (κ3) is 1.99. The smallest absolute Gasteiger partial charge is 0.227 e. The average Bonchev–Trinajstić information content (AvgIpc) is 2.61. The van der Waals surface area contributed by atoms with E-state index in [0.29, 0.717) is 16.6 Å². The fourth-order valence-electron chi connectivity index (χ4n) is 1.05. The maximum Gasteiger partial charge on any atom is 0.227 e. The van der Waals surface area contributed by atoms with E-state index in [9.17, 15) is 4.79 Å². The molecule has 0 fully saturated rings. The normalized spacial score (nSPS) is 10.7. The lowest BCUT2D eigenvalue weighted by molar-refractivity contribution is -0.115. The van der Waals surface area contributed by atoms with Gasteiger partial charge < -0.3 is 11.5 Å². The molecule has 1 amide bonds. The van der Waals surface area contributed by atoms with Crippen LogP contribution in [0, 0.1) is 0 Å². The van der Waals surface area contributed by atoms with Crippen molar-refractivity contribution in [2.24, 2.45) is 5.73 Å². The summed E-state index contributed by atoms with van der Waals surface area (Å²) < 4.78 is 1.50. The van der Waals surface area contributed by atoms with Crippen molar-refractivity contribution >= 4 is 29.1 Å².